The largest absolute Gasteiger partial charge is 0.481 e. The third-order valence-electron chi connectivity index (χ3n) is 2.46. The molecule has 0 radical (unpaired) electrons. The van der Waals surface area contributed by atoms with Gasteiger partial charge in [0.15, 0.2) is 0 Å². The lowest BCUT2D eigenvalue weighted by Crippen LogP contribution is -2.45. The highest BCUT2D eigenvalue weighted by molar-refractivity contribution is 5.94. The van der Waals surface area contributed by atoms with E-state index < -0.39 is 17.9 Å². The summed E-state index contributed by atoms with van der Waals surface area (Å²) < 4.78 is 9.77. The van der Waals surface area contributed by atoms with Crippen molar-refractivity contribution in [2.75, 3.05) is 40.5 Å². The highest BCUT2D eigenvalue weighted by Crippen LogP contribution is 1.97. The third-order valence-corrected chi connectivity index (χ3v) is 2.46. The number of urea groups is 1. The van der Waals surface area contributed by atoms with Crippen LogP contribution in [0.25, 0.3) is 0 Å². The first-order valence-electron chi connectivity index (χ1n) is 6.29. The molecule has 0 heterocycles. The number of methoxy groups -OCH3 is 2. The molecule has 0 unspecified atom stereocenters. The van der Waals surface area contributed by atoms with E-state index in [0.717, 1.165) is 0 Å². The number of imide groups is 1. The van der Waals surface area contributed by atoms with Gasteiger partial charge in [-0.3, -0.25) is 14.9 Å². The van der Waals surface area contributed by atoms with E-state index >= 15 is 0 Å². The first-order chi connectivity index (χ1) is 9.51. The van der Waals surface area contributed by atoms with Gasteiger partial charge in [0, 0.05) is 40.2 Å². The standard InChI is InChI=1S/C12H22N2O6/c1-19-8-6-14(7-9-20-2)12(18)13-10(15)4-3-5-11(16)17/h3-9H2,1-2H3,(H,16,17)(H,13,15,18). The van der Waals surface area contributed by atoms with Crippen molar-refractivity contribution >= 4 is 17.9 Å². The Kier molecular flexibility index (Phi) is 10.2. The third kappa shape index (κ3) is 9.29. The summed E-state index contributed by atoms with van der Waals surface area (Å²) in [5.74, 6) is -1.46. The number of carbonyl (C=O) groups is 3. The van der Waals surface area contributed by atoms with Crippen molar-refractivity contribution in [3.05, 3.63) is 0 Å². The van der Waals surface area contributed by atoms with Gasteiger partial charge in [-0.1, -0.05) is 0 Å². The molecule has 0 fully saturated rings. The first kappa shape index (κ1) is 18.3. The Balaban J connectivity index is 4.14. The average Bonchev–Trinajstić information content (AvgIpc) is 2.38. The normalized spacial score (nSPS) is 10.1. The van der Waals surface area contributed by atoms with Gasteiger partial charge in [0.1, 0.15) is 0 Å². The lowest BCUT2D eigenvalue weighted by molar-refractivity contribution is -0.137. The van der Waals surface area contributed by atoms with E-state index in [1.165, 1.54) is 19.1 Å². The molecule has 0 saturated carbocycles. The van der Waals surface area contributed by atoms with E-state index in [4.69, 9.17) is 14.6 Å². The fraction of sp³-hybridized carbons (Fsp3) is 0.750. The molecule has 0 aromatic carbocycles. The molecule has 116 valence electrons. The van der Waals surface area contributed by atoms with Crippen LogP contribution in [0.2, 0.25) is 0 Å². The number of hydrogen-bond donors (Lipinski definition) is 2. The molecule has 0 aromatic rings. The van der Waals surface area contributed by atoms with E-state index in [1.807, 2.05) is 0 Å². The number of nitrogens with one attached hydrogen (secondary N) is 1. The minimum Gasteiger partial charge on any atom is -0.481 e. The van der Waals surface area contributed by atoms with Crippen LogP contribution >= 0.6 is 0 Å². The number of hydrogen-bond acceptors (Lipinski definition) is 5. The zero-order valence-electron chi connectivity index (χ0n) is 11.9. The minimum atomic E-state index is -0.967. The molecule has 0 aliphatic heterocycles. The maximum atomic E-state index is 11.8. The van der Waals surface area contributed by atoms with E-state index in [2.05, 4.69) is 5.32 Å². The topological polar surface area (TPSA) is 105 Å². The number of carbonyl (C=O) groups excluding carboxylic acids is 2. The Labute approximate surface area is 118 Å². The zero-order chi connectivity index (χ0) is 15.4. The fourth-order valence-corrected chi connectivity index (χ4v) is 1.38. The minimum absolute atomic E-state index is 0.000432. The molecule has 0 bridgehead atoms. The Morgan fingerprint density at radius 1 is 1.05 bits per heavy atom. The van der Waals surface area contributed by atoms with Crippen LogP contribution in [0.5, 0.6) is 0 Å². The smallest absolute Gasteiger partial charge is 0.324 e. The zero-order valence-corrected chi connectivity index (χ0v) is 11.9. The summed E-state index contributed by atoms with van der Waals surface area (Å²) in [6, 6.07) is -0.528. The van der Waals surface area contributed by atoms with Crippen LogP contribution in [0, 0.1) is 0 Å². The maximum absolute atomic E-state index is 11.8. The van der Waals surface area contributed by atoms with E-state index in [9.17, 15) is 14.4 Å². The number of aliphatic carboxylic acids is 1. The van der Waals surface area contributed by atoms with Gasteiger partial charge in [-0.15, -0.1) is 0 Å². The van der Waals surface area contributed by atoms with Crippen LogP contribution in [0.1, 0.15) is 19.3 Å². The molecule has 0 atom stereocenters. The molecule has 0 saturated heterocycles. The first-order valence-corrected chi connectivity index (χ1v) is 6.29. The van der Waals surface area contributed by atoms with Crippen molar-refractivity contribution in [3.8, 4) is 0 Å². The number of rotatable bonds is 10. The molecule has 0 aliphatic rings. The second kappa shape index (κ2) is 11.2. The highest BCUT2D eigenvalue weighted by atomic mass is 16.5. The van der Waals surface area contributed by atoms with Gasteiger partial charge in [-0.05, 0) is 6.42 Å². The molecule has 20 heavy (non-hydrogen) atoms. The van der Waals surface area contributed by atoms with Crippen molar-refractivity contribution in [3.63, 3.8) is 0 Å². The molecule has 8 heteroatoms. The molecule has 0 aliphatic carbocycles. The molecular weight excluding hydrogens is 268 g/mol. The molecule has 0 spiro atoms. The van der Waals surface area contributed by atoms with E-state index in [1.54, 1.807) is 0 Å². The monoisotopic (exact) mass is 290 g/mol. The van der Waals surface area contributed by atoms with Gasteiger partial charge in [0.2, 0.25) is 5.91 Å². The summed E-state index contributed by atoms with van der Waals surface area (Å²) in [5, 5.41) is 10.7. The molecule has 8 nitrogen and oxygen atoms in total. The molecule has 2 N–H and O–H groups in total. The van der Waals surface area contributed by atoms with Gasteiger partial charge in [-0.25, -0.2) is 4.79 Å². The lowest BCUT2D eigenvalue weighted by atomic mass is 10.2. The van der Waals surface area contributed by atoms with Crippen LogP contribution < -0.4 is 5.32 Å². The average molecular weight is 290 g/mol. The second-order valence-corrected chi connectivity index (χ2v) is 4.07. The predicted molar refractivity (Wildman–Crippen MR) is 70.4 cm³/mol. The summed E-state index contributed by atoms with van der Waals surface area (Å²) >= 11 is 0. The van der Waals surface area contributed by atoms with Crippen LogP contribution in [0.15, 0.2) is 0 Å². The molecular formula is C12H22N2O6. The van der Waals surface area contributed by atoms with Gasteiger partial charge in [0.25, 0.3) is 0 Å². The quantitative estimate of drug-likeness (QED) is 0.590. The number of carboxylic acids is 1. The Bertz CT molecular complexity index is 313. The Hall–Kier alpha value is -1.67. The van der Waals surface area contributed by atoms with Crippen molar-refractivity contribution < 1.29 is 29.0 Å². The fourth-order valence-electron chi connectivity index (χ4n) is 1.38. The molecule has 0 rings (SSSR count). The van der Waals surface area contributed by atoms with Gasteiger partial charge >= 0.3 is 12.0 Å². The predicted octanol–water partition coefficient (Wildman–Crippen LogP) is 0.0723. The van der Waals surface area contributed by atoms with Crippen LogP contribution in [0.3, 0.4) is 0 Å². The molecule has 3 amide bonds. The maximum Gasteiger partial charge on any atom is 0.324 e. The Morgan fingerprint density at radius 2 is 1.60 bits per heavy atom. The summed E-state index contributed by atoms with van der Waals surface area (Å²) in [6.07, 6.45) is 0.101. The number of nitrogens with zero attached hydrogens (tertiary/aromatic N) is 1. The van der Waals surface area contributed by atoms with Crippen molar-refractivity contribution in [1.82, 2.24) is 10.2 Å². The summed E-state index contributed by atoms with van der Waals surface area (Å²) in [5.41, 5.74) is 0. The highest BCUT2D eigenvalue weighted by Gasteiger charge is 2.15. The van der Waals surface area contributed by atoms with Crippen LogP contribution in [-0.4, -0.2) is 68.4 Å². The van der Waals surface area contributed by atoms with E-state index in [-0.39, 0.29) is 19.3 Å². The second-order valence-electron chi connectivity index (χ2n) is 4.07. The number of carboxylic acid groups (broad SMARTS) is 1. The van der Waals surface area contributed by atoms with Crippen molar-refractivity contribution in [1.29, 1.82) is 0 Å². The SMILES string of the molecule is COCCN(CCOC)C(=O)NC(=O)CCCC(=O)O. The lowest BCUT2D eigenvalue weighted by Gasteiger charge is -2.21. The van der Waals surface area contributed by atoms with Crippen molar-refractivity contribution in [2.45, 2.75) is 19.3 Å². The van der Waals surface area contributed by atoms with Gasteiger partial charge in [-0.2, -0.15) is 0 Å². The molecule has 0 aromatic heterocycles. The van der Waals surface area contributed by atoms with Crippen molar-refractivity contribution in [2.24, 2.45) is 0 Å². The van der Waals surface area contributed by atoms with Crippen LogP contribution in [-0.2, 0) is 19.1 Å². The van der Waals surface area contributed by atoms with Crippen LogP contribution in [0.4, 0.5) is 4.79 Å². The summed E-state index contributed by atoms with van der Waals surface area (Å²) in [6.45, 7) is 1.39. The van der Waals surface area contributed by atoms with Gasteiger partial charge < -0.3 is 19.5 Å². The summed E-state index contributed by atoms with van der Waals surface area (Å²) in [7, 11) is 3.03. The number of amides is 3. The summed E-state index contributed by atoms with van der Waals surface area (Å²) in [4.78, 5) is 35.0. The Morgan fingerprint density at radius 3 is 2.05 bits per heavy atom. The van der Waals surface area contributed by atoms with Gasteiger partial charge in [0.05, 0.1) is 13.2 Å². The number of ether oxygens (including phenoxy) is 2. The van der Waals surface area contributed by atoms with E-state index in [0.29, 0.717) is 26.3 Å².